The van der Waals surface area contributed by atoms with Crippen LogP contribution in [0, 0.1) is 12.8 Å². The third-order valence-corrected chi connectivity index (χ3v) is 5.64. The Balaban J connectivity index is 1.38. The smallest absolute Gasteiger partial charge is 0.231 e. The number of aryl methyl sites for hydroxylation is 1. The van der Waals surface area contributed by atoms with Gasteiger partial charge in [-0.1, -0.05) is 60.2 Å². The lowest BCUT2D eigenvalue weighted by Crippen LogP contribution is -2.28. The van der Waals surface area contributed by atoms with Crippen LogP contribution >= 0.6 is 11.3 Å². The number of amides is 2. The van der Waals surface area contributed by atoms with E-state index < -0.39 is 0 Å². The quantitative estimate of drug-likeness (QED) is 0.712. The first-order valence-electron chi connectivity index (χ1n) is 9.23. The van der Waals surface area contributed by atoms with Gasteiger partial charge in [0, 0.05) is 30.5 Å². The summed E-state index contributed by atoms with van der Waals surface area (Å²) in [6, 6.07) is 18.0. The van der Waals surface area contributed by atoms with Crippen molar-refractivity contribution in [3.63, 3.8) is 0 Å². The van der Waals surface area contributed by atoms with Gasteiger partial charge in [-0.3, -0.25) is 9.59 Å². The molecular formula is C22H21N3O2S. The zero-order valence-corrected chi connectivity index (χ0v) is 16.4. The number of aromatic nitrogens is 1. The van der Waals surface area contributed by atoms with Crippen LogP contribution in [0.25, 0.3) is 11.3 Å². The lowest BCUT2D eigenvalue weighted by molar-refractivity contribution is -0.128. The van der Waals surface area contributed by atoms with Crippen molar-refractivity contribution in [3.8, 4) is 11.3 Å². The maximum Gasteiger partial charge on any atom is 0.231 e. The van der Waals surface area contributed by atoms with Gasteiger partial charge in [-0.25, -0.2) is 4.98 Å². The number of carbonyl (C=O) groups excluding carboxylic acids is 2. The Labute approximate surface area is 168 Å². The fraction of sp³-hybridized carbons (Fsp3) is 0.227. The lowest BCUT2D eigenvalue weighted by atomic mass is 10.1. The number of thiazole rings is 1. The summed E-state index contributed by atoms with van der Waals surface area (Å²) < 4.78 is 0. The van der Waals surface area contributed by atoms with E-state index in [1.54, 1.807) is 4.90 Å². The first-order chi connectivity index (χ1) is 13.6. The van der Waals surface area contributed by atoms with Gasteiger partial charge in [0.1, 0.15) is 0 Å². The van der Waals surface area contributed by atoms with Crippen LogP contribution in [0.3, 0.4) is 0 Å². The van der Waals surface area contributed by atoms with Crippen molar-refractivity contribution in [3.05, 3.63) is 71.1 Å². The number of nitrogens with one attached hydrogen (secondary N) is 1. The molecule has 2 amide bonds. The van der Waals surface area contributed by atoms with E-state index in [1.807, 2.05) is 66.9 Å². The van der Waals surface area contributed by atoms with E-state index in [4.69, 9.17) is 0 Å². The summed E-state index contributed by atoms with van der Waals surface area (Å²) in [5, 5.41) is 5.38. The summed E-state index contributed by atoms with van der Waals surface area (Å²) in [6.07, 6.45) is 0.245. The maximum absolute atomic E-state index is 12.6. The molecule has 1 unspecified atom stereocenters. The highest BCUT2D eigenvalue weighted by Crippen LogP contribution is 2.27. The molecule has 6 heteroatoms. The molecule has 1 saturated heterocycles. The standard InChI is InChI=1S/C22H21N3O2S/c1-15-7-9-17(10-8-15)19-14-28-22(23-19)24-21(27)18-11-20(26)25(13-18)12-16-5-3-2-4-6-16/h2-10,14,18H,11-13H2,1H3,(H,23,24,27). The summed E-state index contributed by atoms with van der Waals surface area (Å²) >= 11 is 1.40. The van der Waals surface area contributed by atoms with E-state index >= 15 is 0 Å². The van der Waals surface area contributed by atoms with Crippen LogP contribution in [0.2, 0.25) is 0 Å². The van der Waals surface area contributed by atoms with Crippen LogP contribution in [0.5, 0.6) is 0 Å². The van der Waals surface area contributed by atoms with Gasteiger partial charge >= 0.3 is 0 Å². The van der Waals surface area contributed by atoms with Crippen molar-refractivity contribution >= 4 is 28.3 Å². The molecule has 4 rings (SSSR count). The van der Waals surface area contributed by atoms with E-state index in [0.29, 0.717) is 18.2 Å². The highest BCUT2D eigenvalue weighted by molar-refractivity contribution is 7.14. The minimum Gasteiger partial charge on any atom is -0.338 e. The van der Waals surface area contributed by atoms with Crippen molar-refractivity contribution in [1.29, 1.82) is 0 Å². The Morgan fingerprint density at radius 3 is 2.68 bits per heavy atom. The fourth-order valence-corrected chi connectivity index (χ4v) is 4.02. The Bertz CT molecular complexity index is 983. The molecule has 1 atom stereocenters. The first kappa shape index (κ1) is 18.4. The number of hydrogen-bond acceptors (Lipinski definition) is 4. The molecular weight excluding hydrogens is 370 g/mol. The molecule has 28 heavy (non-hydrogen) atoms. The fourth-order valence-electron chi connectivity index (χ4n) is 3.30. The van der Waals surface area contributed by atoms with Crippen molar-refractivity contribution in [2.75, 3.05) is 11.9 Å². The molecule has 0 spiro atoms. The van der Waals surface area contributed by atoms with E-state index in [-0.39, 0.29) is 24.2 Å². The van der Waals surface area contributed by atoms with Crippen molar-refractivity contribution in [2.24, 2.45) is 5.92 Å². The van der Waals surface area contributed by atoms with Crippen molar-refractivity contribution in [1.82, 2.24) is 9.88 Å². The molecule has 0 saturated carbocycles. The second-order valence-electron chi connectivity index (χ2n) is 7.05. The number of likely N-dealkylation sites (tertiary alicyclic amines) is 1. The number of nitrogens with zero attached hydrogens (tertiary/aromatic N) is 2. The molecule has 5 nitrogen and oxygen atoms in total. The molecule has 1 aromatic heterocycles. The summed E-state index contributed by atoms with van der Waals surface area (Å²) in [5.41, 5.74) is 4.12. The third kappa shape index (κ3) is 4.12. The van der Waals surface area contributed by atoms with E-state index in [2.05, 4.69) is 10.3 Å². The van der Waals surface area contributed by atoms with Gasteiger partial charge in [-0.05, 0) is 12.5 Å². The maximum atomic E-state index is 12.6. The Hall–Kier alpha value is -2.99. The minimum absolute atomic E-state index is 0.0171. The summed E-state index contributed by atoms with van der Waals surface area (Å²) in [4.78, 5) is 31.2. The van der Waals surface area contributed by atoms with Crippen molar-refractivity contribution < 1.29 is 9.59 Å². The largest absolute Gasteiger partial charge is 0.338 e. The highest BCUT2D eigenvalue weighted by Gasteiger charge is 2.34. The van der Waals surface area contributed by atoms with Crippen LogP contribution < -0.4 is 5.32 Å². The van der Waals surface area contributed by atoms with Crippen LogP contribution in [0.4, 0.5) is 5.13 Å². The third-order valence-electron chi connectivity index (χ3n) is 4.88. The summed E-state index contributed by atoms with van der Waals surface area (Å²) in [6.45, 7) is 3.02. The van der Waals surface area contributed by atoms with E-state index in [9.17, 15) is 9.59 Å². The lowest BCUT2D eigenvalue weighted by Gasteiger charge is -2.16. The molecule has 142 valence electrons. The van der Waals surface area contributed by atoms with Crippen LogP contribution in [-0.2, 0) is 16.1 Å². The highest BCUT2D eigenvalue weighted by atomic mass is 32.1. The topological polar surface area (TPSA) is 62.3 Å². The Kier molecular flexibility index (Phi) is 5.21. The number of hydrogen-bond donors (Lipinski definition) is 1. The van der Waals surface area contributed by atoms with Crippen molar-refractivity contribution in [2.45, 2.75) is 19.9 Å². The molecule has 1 N–H and O–H groups in total. The van der Waals surface area contributed by atoms with Crippen LogP contribution in [0.1, 0.15) is 17.5 Å². The van der Waals surface area contributed by atoms with Crippen LogP contribution in [0.15, 0.2) is 60.0 Å². The molecule has 1 aliphatic heterocycles. The zero-order valence-electron chi connectivity index (χ0n) is 15.6. The second-order valence-corrected chi connectivity index (χ2v) is 7.91. The normalized spacial score (nSPS) is 16.4. The van der Waals surface area contributed by atoms with Crippen LogP contribution in [-0.4, -0.2) is 28.2 Å². The molecule has 2 heterocycles. The predicted molar refractivity (Wildman–Crippen MR) is 111 cm³/mol. The molecule has 2 aromatic carbocycles. The van der Waals surface area contributed by atoms with Gasteiger partial charge in [0.05, 0.1) is 11.6 Å². The summed E-state index contributed by atoms with van der Waals surface area (Å²) in [5.74, 6) is -0.472. The Morgan fingerprint density at radius 1 is 1.18 bits per heavy atom. The molecule has 0 aliphatic carbocycles. The molecule has 0 radical (unpaired) electrons. The number of rotatable bonds is 5. The van der Waals surface area contributed by atoms with E-state index in [0.717, 1.165) is 16.8 Å². The average Bonchev–Trinajstić information content (AvgIpc) is 3.30. The molecule has 1 aliphatic rings. The molecule has 3 aromatic rings. The van der Waals surface area contributed by atoms with Gasteiger partial charge in [-0.15, -0.1) is 11.3 Å². The van der Waals surface area contributed by atoms with Gasteiger partial charge in [0.15, 0.2) is 5.13 Å². The second kappa shape index (κ2) is 7.94. The van der Waals surface area contributed by atoms with Gasteiger partial charge in [0.2, 0.25) is 11.8 Å². The van der Waals surface area contributed by atoms with Gasteiger partial charge < -0.3 is 10.2 Å². The van der Waals surface area contributed by atoms with E-state index in [1.165, 1.54) is 16.9 Å². The Morgan fingerprint density at radius 2 is 1.93 bits per heavy atom. The SMILES string of the molecule is Cc1ccc(-c2csc(NC(=O)C3CC(=O)N(Cc4ccccc4)C3)n2)cc1. The summed E-state index contributed by atoms with van der Waals surface area (Å²) in [7, 11) is 0. The number of anilines is 1. The van der Waals surface area contributed by atoms with Gasteiger partial charge in [-0.2, -0.15) is 0 Å². The number of benzene rings is 2. The molecule has 0 bridgehead atoms. The predicted octanol–water partition coefficient (Wildman–Crippen LogP) is 4.11. The monoisotopic (exact) mass is 391 g/mol. The average molecular weight is 391 g/mol. The first-order valence-corrected chi connectivity index (χ1v) is 10.1. The zero-order chi connectivity index (χ0) is 19.5. The van der Waals surface area contributed by atoms with Gasteiger partial charge in [0.25, 0.3) is 0 Å². The molecule has 1 fully saturated rings. The number of carbonyl (C=O) groups is 2. The minimum atomic E-state index is -0.345.